The zero-order chi connectivity index (χ0) is 31.6. The lowest BCUT2D eigenvalue weighted by molar-refractivity contribution is 0.819. The Kier molecular flexibility index (Phi) is 6.72. The van der Waals surface area contributed by atoms with Crippen LogP contribution >= 0.6 is 11.3 Å². The number of benzene rings is 2. The van der Waals surface area contributed by atoms with Gasteiger partial charge in [-0.15, -0.1) is 11.3 Å². The normalized spacial score (nSPS) is 20.1. The maximum atomic E-state index is 5.43. The van der Waals surface area contributed by atoms with Crippen LogP contribution in [0, 0.1) is 0 Å². The summed E-state index contributed by atoms with van der Waals surface area (Å²) in [4.78, 5) is 12.1. The van der Waals surface area contributed by atoms with Crippen LogP contribution in [0.3, 0.4) is 0 Å². The number of allylic oxidation sites excluding steroid dienone is 13. The summed E-state index contributed by atoms with van der Waals surface area (Å²) < 4.78 is 3.94. The summed E-state index contributed by atoms with van der Waals surface area (Å²) in [5.74, 6) is 1.04. The van der Waals surface area contributed by atoms with Gasteiger partial charge in [0.1, 0.15) is 5.82 Å². The Bertz CT molecular complexity index is 2540. The first-order valence-corrected chi connectivity index (χ1v) is 18.5. The average molecular weight is 640 g/mol. The van der Waals surface area contributed by atoms with Gasteiger partial charge in [-0.2, -0.15) is 0 Å². The number of thiophene rings is 1. The summed E-state index contributed by atoms with van der Waals surface area (Å²) in [6.07, 6.45) is 37.8. The third kappa shape index (κ3) is 4.53. The van der Waals surface area contributed by atoms with E-state index in [-0.39, 0.29) is 5.92 Å². The van der Waals surface area contributed by atoms with Crippen LogP contribution in [0.2, 0.25) is 0 Å². The maximum absolute atomic E-state index is 5.43. The molecule has 0 fully saturated rings. The molecular weight excluding hydrogens is 603 g/mol. The quantitative estimate of drug-likeness (QED) is 0.196. The van der Waals surface area contributed by atoms with E-state index >= 15 is 0 Å². The average Bonchev–Trinajstić information content (AvgIpc) is 3.70. The van der Waals surface area contributed by atoms with Gasteiger partial charge in [0.2, 0.25) is 0 Å². The van der Waals surface area contributed by atoms with Gasteiger partial charge >= 0.3 is 0 Å². The summed E-state index contributed by atoms with van der Waals surface area (Å²) >= 11 is 1.97. The van der Waals surface area contributed by atoms with Gasteiger partial charge in [-0.3, -0.25) is 0 Å². The van der Waals surface area contributed by atoms with Crippen molar-refractivity contribution in [3.8, 4) is 0 Å². The van der Waals surface area contributed by atoms with E-state index in [1.165, 1.54) is 64.4 Å². The van der Waals surface area contributed by atoms with Crippen LogP contribution in [0.4, 0.5) is 0 Å². The molecule has 0 spiro atoms. The maximum Gasteiger partial charge on any atom is 0.136 e. The number of hydrogen-bond acceptors (Lipinski definition) is 3. The molecule has 2 aromatic carbocycles. The minimum absolute atomic E-state index is 0.106. The topological polar surface area (TPSA) is 30.7 Å². The molecule has 1 unspecified atom stereocenters. The summed E-state index contributed by atoms with van der Waals surface area (Å²) in [5, 5.41) is 6.62. The fourth-order valence-corrected chi connectivity index (χ4v) is 9.77. The number of nitrogens with zero attached hydrogens (tertiary/aromatic N) is 3. The Labute approximate surface area is 284 Å². The highest BCUT2D eigenvalue weighted by Crippen LogP contribution is 2.40. The van der Waals surface area contributed by atoms with Crippen molar-refractivity contribution >= 4 is 72.7 Å². The highest BCUT2D eigenvalue weighted by atomic mass is 32.1. The molecule has 3 nitrogen and oxygen atoms in total. The Balaban J connectivity index is 1.16. The van der Waals surface area contributed by atoms with Crippen molar-refractivity contribution in [1.82, 2.24) is 14.5 Å². The fraction of sp³-hybridized carbons (Fsp3) is 0.227. The second kappa shape index (κ2) is 11.4. The van der Waals surface area contributed by atoms with Crippen molar-refractivity contribution in [2.45, 2.75) is 63.7 Å². The first kappa shape index (κ1) is 28.2. The SMILES string of the molecule is C1=CCCC(C2=CC=C(c3nc(C4C=c5c(n(C6=CCCC=C6)c6ccc7c8c(sc7c56)C=CCC8)=CC4)nc4ccccc34)CC2)=C1. The van der Waals surface area contributed by atoms with Crippen molar-refractivity contribution in [2.75, 3.05) is 0 Å². The largest absolute Gasteiger partial charge is 0.310 e. The van der Waals surface area contributed by atoms with E-state index in [1.807, 2.05) is 11.3 Å². The molecule has 10 rings (SSSR count). The molecule has 0 radical (unpaired) electrons. The zero-order valence-electron chi connectivity index (χ0n) is 27.1. The number of hydrogen-bond donors (Lipinski definition) is 0. The highest BCUT2D eigenvalue weighted by Gasteiger charge is 2.24. The zero-order valence-corrected chi connectivity index (χ0v) is 27.9. The minimum Gasteiger partial charge on any atom is -0.310 e. The molecule has 0 bridgehead atoms. The lowest BCUT2D eigenvalue weighted by atomic mass is 9.87. The molecule has 0 N–H and O–H groups in total. The second-order valence-corrected chi connectivity index (χ2v) is 14.7. The molecule has 3 heterocycles. The molecule has 0 amide bonds. The Hall–Kier alpha value is -4.80. The molecule has 234 valence electrons. The summed E-state index contributed by atoms with van der Waals surface area (Å²) in [6, 6.07) is 13.3. The molecule has 0 saturated carbocycles. The van der Waals surface area contributed by atoms with E-state index in [2.05, 4.69) is 114 Å². The van der Waals surface area contributed by atoms with E-state index in [9.17, 15) is 0 Å². The van der Waals surface area contributed by atoms with Gasteiger partial charge in [0.15, 0.2) is 0 Å². The summed E-state index contributed by atoms with van der Waals surface area (Å²) in [6.45, 7) is 0. The van der Waals surface area contributed by atoms with Crippen LogP contribution in [-0.4, -0.2) is 14.5 Å². The van der Waals surface area contributed by atoms with Crippen LogP contribution in [0.1, 0.15) is 79.2 Å². The summed E-state index contributed by atoms with van der Waals surface area (Å²) in [5.41, 5.74) is 10.5. The molecule has 5 aromatic rings. The Morgan fingerprint density at radius 1 is 0.729 bits per heavy atom. The molecule has 5 aliphatic rings. The van der Waals surface area contributed by atoms with Crippen LogP contribution in [0.15, 0.2) is 102 Å². The first-order chi connectivity index (χ1) is 23.8. The number of fused-ring (bicyclic) bond motifs is 8. The molecular formula is C44H37N3S. The predicted molar refractivity (Wildman–Crippen MR) is 204 cm³/mol. The van der Waals surface area contributed by atoms with Crippen molar-refractivity contribution < 1.29 is 0 Å². The fourth-order valence-electron chi connectivity index (χ4n) is 8.43. The molecule has 0 aliphatic heterocycles. The Morgan fingerprint density at radius 2 is 1.60 bits per heavy atom. The van der Waals surface area contributed by atoms with Gasteiger partial charge in [-0.1, -0.05) is 85.0 Å². The molecule has 1 atom stereocenters. The molecule has 4 heteroatoms. The number of rotatable bonds is 4. The van der Waals surface area contributed by atoms with Gasteiger partial charge in [0.05, 0.1) is 16.7 Å². The summed E-state index contributed by atoms with van der Waals surface area (Å²) in [7, 11) is 0. The second-order valence-electron chi connectivity index (χ2n) is 13.7. The Morgan fingerprint density at radius 3 is 2.48 bits per heavy atom. The van der Waals surface area contributed by atoms with E-state index in [4.69, 9.17) is 9.97 Å². The van der Waals surface area contributed by atoms with Crippen molar-refractivity contribution in [3.05, 3.63) is 135 Å². The highest BCUT2D eigenvalue weighted by molar-refractivity contribution is 7.21. The van der Waals surface area contributed by atoms with Gasteiger partial charge in [-0.25, -0.2) is 9.97 Å². The van der Waals surface area contributed by atoms with Gasteiger partial charge in [-0.05, 0) is 110 Å². The number of para-hydroxylation sites is 1. The van der Waals surface area contributed by atoms with Crippen molar-refractivity contribution in [3.63, 3.8) is 0 Å². The lowest BCUT2D eigenvalue weighted by Crippen LogP contribution is -2.32. The smallest absolute Gasteiger partial charge is 0.136 e. The third-order valence-electron chi connectivity index (χ3n) is 10.8. The van der Waals surface area contributed by atoms with Gasteiger partial charge in [0, 0.05) is 42.5 Å². The molecule has 5 aliphatic carbocycles. The van der Waals surface area contributed by atoms with Crippen LogP contribution < -0.4 is 10.6 Å². The molecule has 3 aromatic heterocycles. The van der Waals surface area contributed by atoms with E-state index in [1.54, 1.807) is 0 Å². The number of aromatic nitrogens is 3. The van der Waals surface area contributed by atoms with Crippen molar-refractivity contribution in [1.29, 1.82) is 0 Å². The van der Waals surface area contributed by atoms with Crippen molar-refractivity contribution in [2.24, 2.45) is 0 Å². The minimum atomic E-state index is 0.106. The number of aryl methyl sites for hydroxylation is 1. The standard InChI is InChI=1S/C44H37N3S/c1-3-11-28(12-4-1)29-19-21-30(22-20-29)42-35-16-7-9-17-37(35)45-44(46-42)31-23-25-38-36(27-31)41-39(47(38)32-13-5-2-6-14-32)26-24-34-33-15-8-10-18-40(33)48-43(34)41/h1,3,5,7,9-11,13-14,16-19,21,24-27,31H,2,4,6,8,12,15,20,22-23H2. The van der Waals surface area contributed by atoms with Crippen LogP contribution in [0.25, 0.3) is 61.4 Å². The van der Waals surface area contributed by atoms with Crippen LogP contribution in [0.5, 0.6) is 0 Å². The lowest BCUT2D eigenvalue weighted by Gasteiger charge is -2.20. The predicted octanol–water partition coefficient (Wildman–Crippen LogP) is 10.1. The third-order valence-corrected chi connectivity index (χ3v) is 12.1. The first-order valence-electron chi connectivity index (χ1n) is 17.7. The van der Waals surface area contributed by atoms with Gasteiger partial charge in [0.25, 0.3) is 0 Å². The van der Waals surface area contributed by atoms with E-state index < -0.39 is 0 Å². The van der Waals surface area contributed by atoms with E-state index in [0.717, 1.165) is 80.2 Å². The van der Waals surface area contributed by atoms with Gasteiger partial charge < -0.3 is 4.57 Å². The van der Waals surface area contributed by atoms with Crippen LogP contribution in [-0.2, 0) is 6.42 Å². The molecule has 0 saturated heterocycles. The molecule has 48 heavy (non-hydrogen) atoms. The monoisotopic (exact) mass is 639 g/mol. The van der Waals surface area contributed by atoms with E-state index in [0.29, 0.717) is 0 Å².